The van der Waals surface area contributed by atoms with Crippen LogP contribution in [0.25, 0.3) is 0 Å². The number of Topliss-reactive ketones (excluding diaryl/α,β-unsaturated/α-hetero) is 1. The Bertz CT molecular complexity index is 1540. The number of unbranched alkanes of at least 4 members (excludes halogenated alkanes) is 6. The molecule has 0 bridgehead atoms. The molecule has 3 saturated carbocycles. The lowest BCUT2D eigenvalue weighted by molar-refractivity contribution is -0.284. The van der Waals surface area contributed by atoms with Crippen LogP contribution in [0, 0.1) is 34.5 Å². The highest BCUT2D eigenvalue weighted by Gasteiger charge is 2.73. The van der Waals surface area contributed by atoms with Crippen LogP contribution >= 0.6 is 11.8 Å². The minimum atomic E-state index is -5.46. The van der Waals surface area contributed by atoms with Gasteiger partial charge >= 0.3 is 12.1 Å². The largest absolute Gasteiger partial charge is 0.465 e. The minimum absolute atomic E-state index is 0.0108. The number of hydrogen-bond donors (Lipinski definition) is 0. The Balaban J connectivity index is 1.09. The van der Waals surface area contributed by atoms with Gasteiger partial charge in [0.15, 0.2) is 20.4 Å². The highest BCUT2D eigenvalue weighted by Crippen LogP contribution is 2.77. The molecule has 0 radical (unpaired) electrons. The van der Waals surface area contributed by atoms with E-state index >= 15 is 0 Å². The van der Waals surface area contributed by atoms with Gasteiger partial charge in [-0.05, 0) is 141 Å². The van der Waals surface area contributed by atoms with E-state index in [1.54, 1.807) is 0 Å². The monoisotopic (exact) mass is 856 g/mol. The standard InChI is InChI=1S/C47H73F5O4SSi/c1-32(2)43(3,4)58(6,7)56-39-31-38-41-35(22-24-44(38,5)45(39)25-26-45)34-21-20-33(55-40-19-14-15-27-54-40)30-37(34)42(53)36(41)18-13-11-9-8-10-12-16-28-57-29-17-23-46(48,49)47(50,51)52/h20-21,30,32,35-36,38-41H,8-19,22-29,31H2,1-7H3/t35?,36-,38?,39?,40?,41?,44-/m0/s1. The molecular weight excluding hydrogens is 784 g/mol. The molecule has 7 atom stereocenters. The van der Waals surface area contributed by atoms with Crippen LogP contribution in [0.15, 0.2) is 18.2 Å². The average Bonchev–Trinajstić information content (AvgIpc) is 3.94. The van der Waals surface area contributed by atoms with E-state index in [4.69, 9.17) is 13.9 Å². The van der Waals surface area contributed by atoms with Crippen molar-refractivity contribution in [2.75, 3.05) is 18.1 Å². The van der Waals surface area contributed by atoms with Gasteiger partial charge in [0.2, 0.25) is 0 Å². The molecule has 1 heterocycles. The fraction of sp³-hybridized carbons (Fsp3) is 0.851. The summed E-state index contributed by atoms with van der Waals surface area (Å²) in [6.07, 6.45) is 10.4. The predicted octanol–water partition coefficient (Wildman–Crippen LogP) is 14.6. The van der Waals surface area contributed by atoms with Crippen LogP contribution in [0.3, 0.4) is 0 Å². The zero-order chi connectivity index (χ0) is 42.1. The van der Waals surface area contributed by atoms with Crippen molar-refractivity contribution in [3.63, 3.8) is 0 Å². The van der Waals surface area contributed by atoms with E-state index in [1.807, 2.05) is 6.07 Å². The summed E-state index contributed by atoms with van der Waals surface area (Å²) >= 11 is 1.47. The fourth-order valence-electron chi connectivity index (χ4n) is 11.6. The van der Waals surface area contributed by atoms with Crippen LogP contribution in [-0.2, 0) is 9.16 Å². The molecule has 4 aliphatic carbocycles. The Morgan fingerprint density at radius 1 is 0.914 bits per heavy atom. The third-order valence-electron chi connectivity index (χ3n) is 16.6. The number of rotatable bonds is 20. The van der Waals surface area contributed by atoms with Gasteiger partial charge in [-0.3, -0.25) is 4.79 Å². The predicted molar refractivity (Wildman–Crippen MR) is 228 cm³/mol. The molecule has 4 nitrogen and oxygen atoms in total. The van der Waals surface area contributed by atoms with Gasteiger partial charge in [-0.1, -0.05) is 79.2 Å². The summed E-state index contributed by atoms with van der Waals surface area (Å²) in [5.41, 5.74) is 2.50. The minimum Gasteiger partial charge on any atom is -0.465 e. The molecule has 1 aromatic rings. The SMILES string of the molecule is CC(C)C(C)(C)[Si](C)(C)OC1CC2C3C(CC[C@]2(C)C12CC2)c1ccc(OC2CCCCO2)cc1C(=O)[C@H]3CCCCCCCCCSCCCC(F)(F)C(F)(F)F. The lowest BCUT2D eigenvalue weighted by Gasteiger charge is -2.53. The van der Waals surface area contributed by atoms with Crippen LogP contribution in [-0.4, -0.2) is 56.7 Å². The molecule has 0 N–H and O–H groups in total. The Morgan fingerprint density at radius 3 is 2.22 bits per heavy atom. The molecule has 1 aliphatic heterocycles. The van der Waals surface area contributed by atoms with Crippen LogP contribution in [0.4, 0.5) is 22.0 Å². The van der Waals surface area contributed by atoms with Crippen LogP contribution in [0.1, 0.15) is 172 Å². The highest BCUT2D eigenvalue weighted by molar-refractivity contribution is 7.99. The van der Waals surface area contributed by atoms with E-state index in [1.165, 1.54) is 36.6 Å². The van der Waals surface area contributed by atoms with Crippen molar-refractivity contribution >= 4 is 25.9 Å². The zero-order valence-corrected chi connectivity index (χ0v) is 38.4. The number of carbonyl (C=O) groups is 1. The summed E-state index contributed by atoms with van der Waals surface area (Å²) in [7, 11) is -2.08. The maximum atomic E-state index is 14.9. The van der Waals surface area contributed by atoms with Crippen molar-refractivity contribution < 1.29 is 40.6 Å². The summed E-state index contributed by atoms with van der Waals surface area (Å²) < 4.78 is 83.1. The molecule has 1 aromatic carbocycles. The van der Waals surface area contributed by atoms with Gasteiger partial charge in [0.1, 0.15) is 5.75 Å². The van der Waals surface area contributed by atoms with Crippen molar-refractivity contribution in [3.05, 3.63) is 29.3 Å². The van der Waals surface area contributed by atoms with Crippen molar-refractivity contribution in [3.8, 4) is 5.75 Å². The number of thioether (sulfide) groups is 1. The maximum Gasteiger partial charge on any atom is 0.453 e. The van der Waals surface area contributed by atoms with Gasteiger partial charge in [-0.25, -0.2) is 0 Å². The zero-order valence-electron chi connectivity index (χ0n) is 36.6. The molecule has 0 amide bonds. The molecule has 5 aliphatic rings. The van der Waals surface area contributed by atoms with Crippen LogP contribution in [0.5, 0.6) is 5.75 Å². The lowest BCUT2D eigenvalue weighted by Crippen LogP contribution is -2.50. The molecule has 1 spiro atoms. The van der Waals surface area contributed by atoms with Crippen LogP contribution < -0.4 is 4.74 Å². The van der Waals surface area contributed by atoms with Gasteiger partial charge in [0.05, 0.1) is 12.7 Å². The average molecular weight is 857 g/mol. The first-order chi connectivity index (χ1) is 27.3. The van der Waals surface area contributed by atoms with Gasteiger partial charge in [0.25, 0.3) is 0 Å². The van der Waals surface area contributed by atoms with E-state index in [0.717, 1.165) is 101 Å². The molecule has 58 heavy (non-hydrogen) atoms. The highest BCUT2D eigenvalue weighted by atomic mass is 32.2. The van der Waals surface area contributed by atoms with E-state index in [-0.39, 0.29) is 40.6 Å². The van der Waals surface area contributed by atoms with Crippen LogP contribution in [0.2, 0.25) is 18.1 Å². The van der Waals surface area contributed by atoms with Gasteiger partial charge in [-0.15, -0.1) is 0 Å². The molecule has 1 saturated heterocycles. The molecule has 6 rings (SSSR count). The lowest BCUT2D eigenvalue weighted by atomic mass is 9.50. The first kappa shape index (κ1) is 46.3. The van der Waals surface area contributed by atoms with Crippen molar-refractivity contribution in [2.45, 2.75) is 199 Å². The Morgan fingerprint density at radius 2 is 1.59 bits per heavy atom. The number of ketones is 1. The number of alkyl halides is 5. The third-order valence-corrected chi connectivity index (χ3v) is 22.3. The Kier molecular flexibility index (Phi) is 14.6. The number of fused-ring (bicyclic) bond motifs is 6. The summed E-state index contributed by atoms with van der Waals surface area (Å²) in [5, 5.41) is 0.148. The summed E-state index contributed by atoms with van der Waals surface area (Å²) in [5.74, 6) is -0.771. The van der Waals surface area contributed by atoms with E-state index in [0.29, 0.717) is 41.8 Å². The normalized spacial score (nSPS) is 29.7. The summed E-state index contributed by atoms with van der Waals surface area (Å²) in [4.78, 5) is 14.9. The molecular formula is C47H73F5O4SSi. The fourth-order valence-corrected chi connectivity index (χ4v) is 15.3. The molecule has 11 heteroatoms. The molecule has 0 aromatic heterocycles. The second kappa shape index (κ2) is 18.3. The van der Waals surface area contributed by atoms with Crippen molar-refractivity contribution in [2.24, 2.45) is 34.5 Å². The second-order valence-corrected chi connectivity index (χ2v) is 26.2. The Labute approximate surface area is 351 Å². The Hall–Kier alpha value is -1.17. The van der Waals surface area contributed by atoms with Gasteiger partial charge < -0.3 is 13.9 Å². The quantitative estimate of drug-likeness (QED) is 0.0743. The number of halogens is 5. The summed E-state index contributed by atoms with van der Waals surface area (Å²) in [6.45, 7) is 17.7. The number of hydrogen-bond acceptors (Lipinski definition) is 5. The van der Waals surface area contributed by atoms with E-state index in [9.17, 15) is 26.7 Å². The first-order valence-electron chi connectivity index (χ1n) is 22.9. The van der Waals surface area contributed by atoms with Gasteiger partial charge in [0, 0.05) is 29.7 Å². The number of ether oxygens (including phenoxy) is 2. The summed E-state index contributed by atoms with van der Waals surface area (Å²) in [6, 6.07) is 6.33. The number of carbonyl (C=O) groups excluding carboxylic acids is 1. The van der Waals surface area contributed by atoms with Crippen molar-refractivity contribution in [1.29, 1.82) is 0 Å². The van der Waals surface area contributed by atoms with E-state index in [2.05, 4.69) is 59.8 Å². The molecule has 4 fully saturated rings. The molecule has 5 unspecified atom stereocenters. The second-order valence-electron chi connectivity index (χ2n) is 20.4. The first-order valence-corrected chi connectivity index (χ1v) is 27.0. The smallest absolute Gasteiger partial charge is 0.453 e. The van der Waals surface area contributed by atoms with Crippen molar-refractivity contribution in [1.82, 2.24) is 0 Å². The van der Waals surface area contributed by atoms with Gasteiger partial charge in [-0.2, -0.15) is 33.7 Å². The third kappa shape index (κ3) is 9.42. The molecule has 330 valence electrons. The maximum absolute atomic E-state index is 14.9. The van der Waals surface area contributed by atoms with E-state index < -0.39 is 26.8 Å². The number of benzene rings is 1. The topological polar surface area (TPSA) is 44.8 Å².